The van der Waals surface area contributed by atoms with Crippen molar-refractivity contribution in [2.24, 2.45) is 0 Å². The van der Waals surface area contributed by atoms with Crippen LogP contribution in [0, 0.1) is 27.7 Å². The number of anilines is 6. The van der Waals surface area contributed by atoms with Crippen LogP contribution in [-0.2, 0) is 0 Å². The predicted octanol–water partition coefficient (Wildman–Crippen LogP) is 12.0. The van der Waals surface area contributed by atoms with Crippen LogP contribution in [0.4, 0.5) is 34.1 Å². The van der Waals surface area contributed by atoms with Gasteiger partial charge < -0.3 is 9.80 Å². The van der Waals surface area contributed by atoms with Gasteiger partial charge in [-0.1, -0.05) is 109 Å². The van der Waals surface area contributed by atoms with E-state index in [0.29, 0.717) is 0 Å². The highest BCUT2D eigenvalue weighted by Gasteiger charge is 2.17. The highest BCUT2D eigenvalue weighted by atomic mass is 15.2. The molecule has 0 radical (unpaired) electrons. The zero-order valence-corrected chi connectivity index (χ0v) is 25.9. The molecule has 2 nitrogen and oxygen atoms in total. The smallest absolute Gasteiger partial charge is 0.0490 e. The topological polar surface area (TPSA) is 6.48 Å². The summed E-state index contributed by atoms with van der Waals surface area (Å²) in [5, 5.41) is 0. The van der Waals surface area contributed by atoms with Crippen molar-refractivity contribution in [2.45, 2.75) is 27.7 Å². The molecule has 0 aliphatic rings. The maximum atomic E-state index is 2.35. The van der Waals surface area contributed by atoms with Gasteiger partial charge in [-0.2, -0.15) is 0 Å². The van der Waals surface area contributed by atoms with E-state index in [4.69, 9.17) is 0 Å². The lowest BCUT2D eigenvalue weighted by molar-refractivity contribution is 1.22. The average molecular weight is 571 g/mol. The number of hydrogen-bond donors (Lipinski definition) is 0. The third-order valence-electron chi connectivity index (χ3n) is 8.20. The summed E-state index contributed by atoms with van der Waals surface area (Å²) in [5.41, 5.74) is 14.3. The molecule has 0 aliphatic heterocycles. The van der Waals surface area contributed by atoms with Crippen LogP contribution >= 0.6 is 0 Å². The Hall–Kier alpha value is -5.34. The summed E-state index contributed by atoms with van der Waals surface area (Å²) in [4.78, 5) is 4.71. The molecule has 0 bridgehead atoms. The Bertz CT molecular complexity index is 1670. The first kappa shape index (κ1) is 28.8. The number of rotatable bonds is 8. The van der Waals surface area contributed by atoms with E-state index in [9.17, 15) is 0 Å². The van der Waals surface area contributed by atoms with Crippen molar-refractivity contribution in [3.05, 3.63) is 179 Å². The first-order chi connectivity index (χ1) is 21.5. The molecule has 6 aromatic rings. The SMILES string of the molecule is Cc1ccccc1N(c1ccc(/C=C/c2ccc(N(c3ccccc3C)c3ccccc3C)cc2)cc1)c1ccccc1C. The van der Waals surface area contributed by atoms with Crippen molar-refractivity contribution in [2.75, 3.05) is 9.80 Å². The molecule has 0 heterocycles. The summed E-state index contributed by atoms with van der Waals surface area (Å²) in [7, 11) is 0. The van der Waals surface area contributed by atoms with Gasteiger partial charge in [0.05, 0.1) is 0 Å². The van der Waals surface area contributed by atoms with Gasteiger partial charge in [-0.25, -0.2) is 0 Å². The summed E-state index contributed by atoms with van der Waals surface area (Å²) in [5.74, 6) is 0. The monoisotopic (exact) mass is 570 g/mol. The second kappa shape index (κ2) is 12.9. The van der Waals surface area contributed by atoms with Crippen LogP contribution < -0.4 is 9.80 Å². The number of para-hydroxylation sites is 4. The van der Waals surface area contributed by atoms with E-state index >= 15 is 0 Å². The fourth-order valence-corrected chi connectivity index (χ4v) is 5.73. The van der Waals surface area contributed by atoms with Crippen LogP contribution in [-0.4, -0.2) is 0 Å². The van der Waals surface area contributed by atoms with Crippen LogP contribution in [0.2, 0.25) is 0 Å². The third-order valence-corrected chi connectivity index (χ3v) is 8.20. The zero-order valence-electron chi connectivity index (χ0n) is 25.9. The summed E-state index contributed by atoms with van der Waals surface area (Å²) in [6.45, 7) is 8.68. The predicted molar refractivity (Wildman–Crippen MR) is 190 cm³/mol. The van der Waals surface area contributed by atoms with Gasteiger partial charge in [0.15, 0.2) is 0 Å². The number of nitrogens with zero attached hydrogens (tertiary/aromatic N) is 2. The van der Waals surface area contributed by atoms with Crippen LogP contribution in [0.3, 0.4) is 0 Å². The zero-order chi connectivity index (χ0) is 30.5. The second-order valence-corrected chi connectivity index (χ2v) is 11.3. The van der Waals surface area contributed by atoms with Gasteiger partial charge in [-0.15, -0.1) is 0 Å². The fourth-order valence-electron chi connectivity index (χ4n) is 5.73. The maximum absolute atomic E-state index is 2.35. The molecule has 0 N–H and O–H groups in total. The minimum atomic E-state index is 1.14. The number of benzene rings is 6. The first-order valence-electron chi connectivity index (χ1n) is 15.2. The Labute approximate surface area is 262 Å². The minimum absolute atomic E-state index is 1.14. The largest absolute Gasteiger partial charge is 0.310 e. The van der Waals surface area contributed by atoms with Crippen molar-refractivity contribution >= 4 is 46.3 Å². The molecular formula is C42H38N2. The fraction of sp³-hybridized carbons (Fsp3) is 0.0952. The van der Waals surface area contributed by atoms with Crippen LogP contribution in [0.15, 0.2) is 146 Å². The van der Waals surface area contributed by atoms with E-state index in [2.05, 4.69) is 195 Å². The van der Waals surface area contributed by atoms with E-state index in [1.54, 1.807) is 0 Å². The van der Waals surface area contributed by atoms with Gasteiger partial charge in [-0.3, -0.25) is 0 Å². The minimum Gasteiger partial charge on any atom is -0.310 e. The Balaban J connectivity index is 1.27. The molecule has 216 valence electrons. The summed E-state index contributed by atoms with van der Waals surface area (Å²) < 4.78 is 0. The first-order valence-corrected chi connectivity index (χ1v) is 15.2. The standard InChI is InChI=1S/C42H38N2/c1-31-13-5-9-17-39(31)43(40-18-10-6-14-32(40)2)37-27-23-35(24-28-37)21-22-36-25-29-38(30-26-36)44(41-19-11-7-15-33(41)3)42-20-12-8-16-34(42)4/h5-30H,1-4H3/b22-21+. The molecule has 6 rings (SSSR count). The Kier molecular flexibility index (Phi) is 8.43. The van der Waals surface area contributed by atoms with E-state index < -0.39 is 0 Å². The van der Waals surface area contributed by atoms with Crippen molar-refractivity contribution in [1.82, 2.24) is 0 Å². The Morgan fingerprint density at radius 2 is 0.568 bits per heavy atom. The van der Waals surface area contributed by atoms with Gasteiger partial charge in [-0.05, 0) is 110 Å². The molecule has 0 fully saturated rings. The van der Waals surface area contributed by atoms with Crippen LogP contribution in [0.5, 0.6) is 0 Å². The highest BCUT2D eigenvalue weighted by molar-refractivity contribution is 5.82. The van der Waals surface area contributed by atoms with Crippen LogP contribution in [0.1, 0.15) is 33.4 Å². The van der Waals surface area contributed by atoms with E-state index in [0.717, 1.165) is 22.5 Å². The quantitative estimate of drug-likeness (QED) is 0.168. The van der Waals surface area contributed by atoms with Crippen molar-refractivity contribution in [1.29, 1.82) is 0 Å². The molecule has 0 amide bonds. The van der Waals surface area contributed by atoms with Crippen molar-refractivity contribution < 1.29 is 0 Å². The van der Waals surface area contributed by atoms with Crippen LogP contribution in [0.25, 0.3) is 12.2 Å². The lowest BCUT2D eigenvalue weighted by Crippen LogP contribution is -2.12. The average Bonchev–Trinajstić information content (AvgIpc) is 3.05. The molecular weight excluding hydrogens is 532 g/mol. The number of hydrogen-bond acceptors (Lipinski definition) is 2. The molecule has 2 heteroatoms. The molecule has 0 saturated carbocycles. The Morgan fingerprint density at radius 3 is 0.818 bits per heavy atom. The molecule has 0 aromatic heterocycles. The second-order valence-electron chi connectivity index (χ2n) is 11.3. The van der Waals surface area contributed by atoms with Gasteiger partial charge >= 0.3 is 0 Å². The van der Waals surface area contributed by atoms with Crippen molar-refractivity contribution in [3.63, 3.8) is 0 Å². The summed E-state index contributed by atoms with van der Waals surface area (Å²) in [6.07, 6.45) is 4.37. The lowest BCUT2D eigenvalue weighted by atomic mass is 10.1. The van der Waals surface area contributed by atoms with Gasteiger partial charge in [0.1, 0.15) is 0 Å². The summed E-state index contributed by atoms with van der Waals surface area (Å²) in [6, 6.07) is 51.9. The van der Waals surface area contributed by atoms with Crippen molar-refractivity contribution in [3.8, 4) is 0 Å². The van der Waals surface area contributed by atoms with E-state index in [1.807, 2.05) is 0 Å². The third kappa shape index (κ3) is 6.07. The van der Waals surface area contributed by atoms with Gasteiger partial charge in [0.2, 0.25) is 0 Å². The number of aryl methyl sites for hydroxylation is 4. The van der Waals surface area contributed by atoms with E-state index in [1.165, 1.54) is 45.0 Å². The molecule has 0 atom stereocenters. The van der Waals surface area contributed by atoms with Gasteiger partial charge in [0, 0.05) is 34.1 Å². The molecule has 0 spiro atoms. The normalized spacial score (nSPS) is 11.1. The molecule has 6 aromatic carbocycles. The van der Waals surface area contributed by atoms with Gasteiger partial charge in [0.25, 0.3) is 0 Å². The molecule has 0 saturated heterocycles. The summed E-state index contributed by atoms with van der Waals surface area (Å²) >= 11 is 0. The highest BCUT2D eigenvalue weighted by Crippen LogP contribution is 2.39. The molecule has 0 unspecified atom stereocenters. The molecule has 0 aliphatic carbocycles. The molecule has 44 heavy (non-hydrogen) atoms. The van der Waals surface area contributed by atoms with E-state index in [-0.39, 0.29) is 0 Å². The maximum Gasteiger partial charge on any atom is 0.0490 e. The lowest BCUT2D eigenvalue weighted by Gasteiger charge is -2.28. The Morgan fingerprint density at radius 1 is 0.318 bits per heavy atom.